The molecule has 2 rings (SSSR count). The van der Waals surface area contributed by atoms with Gasteiger partial charge in [-0.2, -0.15) is 0 Å². The molecule has 3 N–H and O–H groups in total. The Balaban J connectivity index is 1.72. The number of carbonyl (C=O) groups is 2. The Kier molecular flexibility index (Phi) is 8.75. The summed E-state index contributed by atoms with van der Waals surface area (Å²) in [5, 5.41) is 9.31. The second-order valence-corrected chi connectivity index (χ2v) is 7.82. The second-order valence-electron chi connectivity index (χ2n) is 7.82. The Morgan fingerprint density at radius 2 is 1.96 bits per heavy atom. The van der Waals surface area contributed by atoms with E-state index in [2.05, 4.69) is 22.9 Å². The lowest BCUT2D eigenvalue weighted by atomic mass is 9.85. The summed E-state index contributed by atoms with van der Waals surface area (Å²) < 4.78 is 0. The van der Waals surface area contributed by atoms with Crippen LogP contribution in [0.15, 0.2) is 24.3 Å². The molecule has 1 saturated heterocycles. The third-order valence-electron chi connectivity index (χ3n) is 5.20. The van der Waals surface area contributed by atoms with Crippen molar-refractivity contribution in [2.45, 2.75) is 32.7 Å². The average molecular weight is 375 g/mol. The molecule has 2 unspecified atom stereocenters. The monoisotopic (exact) mass is 374 g/mol. The highest BCUT2D eigenvalue weighted by Gasteiger charge is 2.21. The van der Waals surface area contributed by atoms with Gasteiger partial charge in [-0.25, -0.2) is 0 Å². The van der Waals surface area contributed by atoms with E-state index < -0.39 is 0 Å². The van der Waals surface area contributed by atoms with Crippen molar-refractivity contribution in [2.75, 3.05) is 40.3 Å². The van der Waals surface area contributed by atoms with Gasteiger partial charge in [0.1, 0.15) is 0 Å². The minimum absolute atomic E-state index is 0.0673. The van der Waals surface area contributed by atoms with Crippen LogP contribution in [0.3, 0.4) is 0 Å². The highest BCUT2D eigenvalue weighted by Crippen LogP contribution is 2.22. The predicted molar refractivity (Wildman–Crippen MR) is 109 cm³/mol. The van der Waals surface area contributed by atoms with Crippen molar-refractivity contribution in [3.05, 3.63) is 35.4 Å². The molecular formula is C21H34N4O2. The first-order valence-electron chi connectivity index (χ1n) is 9.95. The third kappa shape index (κ3) is 7.69. The van der Waals surface area contributed by atoms with E-state index in [1.807, 2.05) is 43.3 Å². The molecule has 1 aromatic rings. The molecule has 0 aliphatic carbocycles. The van der Waals surface area contributed by atoms with Crippen LogP contribution in [0.25, 0.3) is 0 Å². The van der Waals surface area contributed by atoms with Crippen LogP contribution in [0.2, 0.25) is 0 Å². The molecule has 6 nitrogen and oxygen atoms in total. The molecule has 0 aromatic heterocycles. The number of carbonyl (C=O) groups excluding carboxylic acids is 2. The van der Waals surface area contributed by atoms with Crippen molar-refractivity contribution in [1.29, 1.82) is 0 Å². The second kappa shape index (κ2) is 11.0. The molecule has 150 valence electrons. The molecule has 1 aliphatic rings. The Morgan fingerprint density at radius 3 is 2.59 bits per heavy atom. The molecule has 0 spiro atoms. The number of amides is 2. The van der Waals surface area contributed by atoms with Gasteiger partial charge in [-0.15, -0.1) is 0 Å². The van der Waals surface area contributed by atoms with Gasteiger partial charge in [0.15, 0.2) is 0 Å². The van der Waals surface area contributed by atoms with E-state index in [0.29, 0.717) is 36.9 Å². The van der Waals surface area contributed by atoms with E-state index in [1.54, 1.807) is 0 Å². The van der Waals surface area contributed by atoms with Crippen LogP contribution in [0.5, 0.6) is 0 Å². The average Bonchev–Trinajstić information content (AvgIpc) is 2.67. The van der Waals surface area contributed by atoms with Gasteiger partial charge in [0, 0.05) is 31.6 Å². The van der Waals surface area contributed by atoms with Crippen LogP contribution in [-0.4, -0.2) is 57.0 Å². The molecule has 1 aliphatic heterocycles. The smallest absolute Gasteiger partial charge is 0.251 e. The Hall–Kier alpha value is -1.92. The van der Waals surface area contributed by atoms with Crippen molar-refractivity contribution >= 4 is 11.8 Å². The van der Waals surface area contributed by atoms with Gasteiger partial charge >= 0.3 is 0 Å². The molecular weight excluding hydrogens is 340 g/mol. The summed E-state index contributed by atoms with van der Waals surface area (Å²) in [5.41, 5.74) is 1.64. The van der Waals surface area contributed by atoms with Gasteiger partial charge in [0.2, 0.25) is 5.91 Å². The van der Waals surface area contributed by atoms with E-state index in [9.17, 15) is 9.59 Å². The fourth-order valence-corrected chi connectivity index (χ4v) is 3.37. The van der Waals surface area contributed by atoms with Crippen LogP contribution in [-0.2, 0) is 11.3 Å². The lowest BCUT2D eigenvalue weighted by molar-refractivity contribution is -0.122. The summed E-state index contributed by atoms with van der Waals surface area (Å²) >= 11 is 0. The van der Waals surface area contributed by atoms with Gasteiger partial charge in [-0.05, 0) is 69.6 Å². The van der Waals surface area contributed by atoms with Gasteiger partial charge in [-0.1, -0.05) is 19.1 Å². The summed E-state index contributed by atoms with van der Waals surface area (Å²) in [7, 11) is 3.95. The van der Waals surface area contributed by atoms with Crippen molar-refractivity contribution in [2.24, 2.45) is 11.8 Å². The standard InChI is InChI=1S/C21H34N4O2/c1-16(19-5-4-10-22-15-19)13-20(26)24-14-17-6-8-18(9-7-17)21(27)23-11-12-25(2)3/h6-9,16,19,22H,4-5,10-15H2,1-3H3,(H,23,27)(H,24,26). The summed E-state index contributed by atoms with van der Waals surface area (Å²) in [4.78, 5) is 26.3. The number of benzene rings is 1. The predicted octanol–water partition coefficient (Wildman–Crippen LogP) is 1.62. The highest BCUT2D eigenvalue weighted by molar-refractivity contribution is 5.94. The number of nitrogens with one attached hydrogen (secondary N) is 3. The molecule has 1 heterocycles. The fraction of sp³-hybridized carbons (Fsp3) is 0.619. The van der Waals surface area contributed by atoms with Crippen molar-refractivity contribution in [3.63, 3.8) is 0 Å². The SMILES string of the molecule is CC(CC(=O)NCc1ccc(C(=O)NCCN(C)C)cc1)C1CCCNC1. The molecule has 0 saturated carbocycles. The zero-order chi connectivity index (χ0) is 19.6. The lowest BCUT2D eigenvalue weighted by Crippen LogP contribution is -2.35. The Morgan fingerprint density at radius 1 is 1.22 bits per heavy atom. The van der Waals surface area contributed by atoms with Gasteiger partial charge in [0.25, 0.3) is 5.91 Å². The summed E-state index contributed by atoms with van der Waals surface area (Å²) in [6.45, 7) is 6.22. The van der Waals surface area contributed by atoms with Crippen molar-refractivity contribution < 1.29 is 9.59 Å². The largest absolute Gasteiger partial charge is 0.352 e. The zero-order valence-corrected chi connectivity index (χ0v) is 16.9. The number of likely N-dealkylation sites (N-methyl/N-ethyl adjacent to an activating group) is 1. The maximum atomic E-state index is 12.2. The molecule has 1 aromatic carbocycles. The maximum Gasteiger partial charge on any atom is 0.251 e. The van der Waals surface area contributed by atoms with E-state index in [4.69, 9.17) is 0 Å². The Labute approximate surface area is 163 Å². The van der Waals surface area contributed by atoms with E-state index in [1.165, 1.54) is 12.8 Å². The van der Waals surface area contributed by atoms with Crippen LogP contribution in [0, 0.1) is 11.8 Å². The summed E-state index contributed by atoms with van der Waals surface area (Å²) in [5.74, 6) is 1.02. The lowest BCUT2D eigenvalue weighted by Gasteiger charge is -2.28. The van der Waals surface area contributed by atoms with E-state index in [-0.39, 0.29) is 11.8 Å². The zero-order valence-electron chi connectivity index (χ0n) is 16.9. The topological polar surface area (TPSA) is 73.5 Å². The maximum absolute atomic E-state index is 12.2. The molecule has 0 bridgehead atoms. The first kappa shape index (κ1) is 21.4. The van der Waals surface area contributed by atoms with E-state index >= 15 is 0 Å². The van der Waals surface area contributed by atoms with Crippen LogP contribution >= 0.6 is 0 Å². The van der Waals surface area contributed by atoms with Gasteiger partial charge in [-0.3, -0.25) is 9.59 Å². The first-order chi connectivity index (χ1) is 13.0. The van der Waals surface area contributed by atoms with Crippen molar-refractivity contribution in [1.82, 2.24) is 20.9 Å². The fourth-order valence-electron chi connectivity index (χ4n) is 3.37. The van der Waals surface area contributed by atoms with Gasteiger partial charge < -0.3 is 20.9 Å². The van der Waals surface area contributed by atoms with Crippen LogP contribution < -0.4 is 16.0 Å². The number of hydrogen-bond acceptors (Lipinski definition) is 4. The minimum atomic E-state index is -0.0673. The molecule has 2 amide bonds. The quantitative estimate of drug-likeness (QED) is 0.614. The Bertz CT molecular complexity index is 595. The van der Waals surface area contributed by atoms with Crippen LogP contribution in [0.1, 0.15) is 42.1 Å². The molecule has 27 heavy (non-hydrogen) atoms. The van der Waals surface area contributed by atoms with E-state index in [0.717, 1.165) is 25.2 Å². The van der Waals surface area contributed by atoms with Gasteiger partial charge in [0.05, 0.1) is 0 Å². The number of piperidine rings is 1. The van der Waals surface area contributed by atoms with Crippen LogP contribution in [0.4, 0.5) is 0 Å². The summed E-state index contributed by atoms with van der Waals surface area (Å²) in [6, 6.07) is 7.41. The van der Waals surface area contributed by atoms with Crippen molar-refractivity contribution in [3.8, 4) is 0 Å². The molecule has 0 radical (unpaired) electrons. The third-order valence-corrected chi connectivity index (χ3v) is 5.20. The minimum Gasteiger partial charge on any atom is -0.352 e. The summed E-state index contributed by atoms with van der Waals surface area (Å²) in [6.07, 6.45) is 2.98. The molecule has 1 fully saturated rings. The number of nitrogens with zero attached hydrogens (tertiary/aromatic N) is 1. The number of rotatable bonds is 9. The number of hydrogen-bond donors (Lipinski definition) is 3. The molecule has 6 heteroatoms. The normalized spacial score (nSPS) is 18.1. The highest BCUT2D eigenvalue weighted by atomic mass is 16.2. The molecule has 2 atom stereocenters. The first-order valence-corrected chi connectivity index (χ1v) is 9.95.